The van der Waals surface area contributed by atoms with E-state index < -0.39 is 11.9 Å². The third-order valence-corrected chi connectivity index (χ3v) is 4.80. The van der Waals surface area contributed by atoms with E-state index in [4.69, 9.17) is 14.9 Å². The number of amidine groups is 1. The van der Waals surface area contributed by atoms with E-state index in [1.807, 2.05) is 0 Å². The maximum atomic E-state index is 12.7. The molecule has 7 nitrogen and oxygen atoms in total. The second-order valence-corrected chi connectivity index (χ2v) is 6.59. The summed E-state index contributed by atoms with van der Waals surface area (Å²) in [5, 5.41) is 13.4. The Kier molecular flexibility index (Phi) is 8.49. The van der Waals surface area contributed by atoms with Gasteiger partial charge in [-0.3, -0.25) is 5.41 Å². The number of methoxy groups -OCH3 is 1. The number of rotatable bonds is 6. The third-order valence-electron chi connectivity index (χ3n) is 4.64. The number of carbonyl (C=O) groups is 2. The second kappa shape index (κ2) is 9.87. The van der Waals surface area contributed by atoms with Gasteiger partial charge < -0.3 is 20.1 Å². The number of dihydropyridines is 1. The predicted molar refractivity (Wildman–Crippen MR) is 104 cm³/mol. The smallest absolute Gasteiger partial charge is 0.336 e. The molecule has 2 rings (SSSR count). The number of halogens is 1. The molecule has 3 N–H and O–H groups in total. The lowest BCUT2D eigenvalue weighted by molar-refractivity contribution is -0.140. The summed E-state index contributed by atoms with van der Waals surface area (Å²) in [6, 6.07) is 0. The van der Waals surface area contributed by atoms with Crippen molar-refractivity contribution in [2.75, 3.05) is 20.3 Å². The van der Waals surface area contributed by atoms with Gasteiger partial charge in [0.15, 0.2) is 5.17 Å². The lowest BCUT2D eigenvalue weighted by Crippen LogP contribution is -2.42. The molecule has 1 aliphatic heterocycles. The maximum absolute atomic E-state index is 12.7. The van der Waals surface area contributed by atoms with Gasteiger partial charge in [-0.2, -0.15) is 0 Å². The molecular weight excluding hydrogens is 378 g/mol. The number of nitrogens with one attached hydrogen (secondary N) is 3. The van der Waals surface area contributed by atoms with Crippen molar-refractivity contribution in [1.29, 1.82) is 5.41 Å². The van der Waals surface area contributed by atoms with E-state index in [1.54, 1.807) is 13.8 Å². The Bertz CT molecular complexity index is 644. The van der Waals surface area contributed by atoms with Crippen molar-refractivity contribution in [3.05, 3.63) is 22.5 Å². The molecule has 1 atom stereocenters. The summed E-state index contributed by atoms with van der Waals surface area (Å²) >= 11 is 3.92. The molecule has 2 aliphatic rings. The number of thiol groups is 1. The molecule has 0 amide bonds. The molecule has 0 spiro atoms. The first-order chi connectivity index (χ1) is 11.9. The summed E-state index contributed by atoms with van der Waals surface area (Å²) in [7, 11) is 1.34. The molecule has 1 heterocycles. The molecule has 26 heavy (non-hydrogen) atoms. The van der Waals surface area contributed by atoms with E-state index in [0.717, 1.165) is 19.3 Å². The monoisotopic (exact) mass is 403 g/mol. The average molecular weight is 404 g/mol. The molecular formula is C17H26ClN3O4S. The Morgan fingerprint density at radius 1 is 1.31 bits per heavy atom. The standard InChI is InChI=1S/C17H25N3O4S.ClH/c1-4-24-16(22)14-11(8-19-17(18)25)20-9(2)12(15(21)23-3)13(14)10-6-5-7-10;/h10,13,20H,4-8H2,1-3H3,(H3,18,19,25);1H. The Morgan fingerprint density at radius 3 is 2.42 bits per heavy atom. The van der Waals surface area contributed by atoms with Crippen LogP contribution >= 0.6 is 25.0 Å². The van der Waals surface area contributed by atoms with Crippen LogP contribution in [-0.4, -0.2) is 37.4 Å². The van der Waals surface area contributed by atoms with Gasteiger partial charge in [-0.1, -0.05) is 6.42 Å². The Labute approximate surface area is 165 Å². The van der Waals surface area contributed by atoms with Crippen molar-refractivity contribution < 1.29 is 19.1 Å². The normalized spacial score (nSPS) is 19.8. The number of esters is 2. The molecule has 0 aromatic rings. The topological polar surface area (TPSA) is 101 Å². The number of carbonyl (C=O) groups excluding carboxylic acids is 2. The van der Waals surface area contributed by atoms with Gasteiger partial charge >= 0.3 is 11.9 Å². The van der Waals surface area contributed by atoms with E-state index in [-0.39, 0.29) is 42.6 Å². The van der Waals surface area contributed by atoms with Crippen LogP contribution in [0.2, 0.25) is 0 Å². The van der Waals surface area contributed by atoms with Crippen LogP contribution in [0, 0.1) is 17.2 Å². The largest absolute Gasteiger partial charge is 0.466 e. The average Bonchev–Trinajstić information content (AvgIpc) is 2.50. The summed E-state index contributed by atoms with van der Waals surface area (Å²) in [4.78, 5) is 25.1. The van der Waals surface area contributed by atoms with Crippen molar-refractivity contribution in [2.45, 2.75) is 33.1 Å². The third kappa shape index (κ3) is 4.73. The summed E-state index contributed by atoms with van der Waals surface area (Å²) in [5.41, 5.74) is 2.21. The van der Waals surface area contributed by atoms with Crippen LogP contribution in [0.1, 0.15) is 33.1 Å². The van der Waals surface area contributed by atoms with Gasteiger partial charge in [-0.25, -0.2) is 9.59 Å². The van der Waals surface area contributed by atoms with Crippen LogP contribution < -0.4 is 10.6 Å². The summed E-state index contributed by atoms with van der Waals surface area (Å²) in [5.74, 6) is -1.02. The number of hydrogen-bond acceptors (Lipinski definition) is 6. The lowest BCUT2D eigenvalue weighted by Gasteiger charge is -2.39. The molecule has 1 unspecified atom stereocenters. The number of allylic oxidation sites excluding steroid dienone is 1. The van der Waals surface area contributed by atoms with Crippen LogP contribution in [0.3, 0.4) is 0 Å². The molecule has 1 aliphatic carbocycles. The highest BCUT2D eigenvalue weighted by molar-refractivity contribution is 7.96. The van der Waals surface area contributed by atoms with Gasteiger partial charge in [0.25, 0.3) is 0 Å². The lowest BCUT2D eigenvalue weighted by atomic mass is 9.67. The minimum Gasteiger partial charge on any atom is -0.466 e. The highest BCUT2D eigenvalue weighted by Gasteiger charge is 2.43. The fourth-order valence-corrected chi connectivity index (χ4v) is 3.41. The van der Waals surface area contributed by atoms with Gasteiger partial charge in [-0.05, 0) is 32.6 Å². The van der Waals surface area contributed by atoms with Crippen molar-refractivity contribution >= 4 is 42.1 Å². The molecule has 0 bridgehead atoms. The van der Waals surface area contributed by atoms with Crippen LogP contribution in [0.25, 0.3) is 0 Å². The van der Waals surface area contributed by atoms with E-state index in [0.29, 0.717) is 22.5 Å². The van der Waals surface area contributed by atoms with Gasteiger partial charge in [0.2, 0.25) is 0 Å². The maximum Gasteiger partial charge on any atom is 0.336 e. The van der Waals surface area contributed by atoms with Gasteiger partial charge in [0, 0.05) is 17.3 Å². The molecule has 0 saturated heterocycles. The highest BCUT2D eigenvalue weighted by Crippen LogP contribution is 2.44. The SMILES string of the molecule is CCOC(=O)C1=C(CNC(=N)S)NC(C)=C(C(=O)OC)C1C1CCC1.Cl. The first-order valence-electron chi connectivity index (χ1n) is 8.38. The zero-order chi connectivity index (χ0) is 18.6. The number of ether oxygens (including phenoxy) is 2. The highest BCUT2D eigenvalue weighted by atomic mass is 35.5. The molecule has 1 saturated carbocycles. The Morgan fingerprint density at radius 2 is 1.96 bits per heavy atom. The van der Waals surface area contributed by atoms with E-state index >= 15 is 0 Å². The fourth-order valence-electron chi connectivity index (χ4n) is 3.33. The number of hydrogen-bond donors (Lipinski definition) is 4. The van der Waals surface area contributed by atoms with E-state index in [9.17, 15) is 9.59 Å². The fraction of sp³-hybridized carbons (Fsp3) is 0.588. The molecule has 0 aromatic heterocycles. The van der Waals surface area contributed by atoms with Crippen LogP contribution in [0.15, 0.2) is 22.5 Å². The Balaban J connectivity index is 0.00000338. The second-order valence-electron chi connectivity index (χ2n) is 6.14. The van der Waals surface area contributed by atoms with Gasteiger partial charge in [0.1, 0.15) is 0 Å². The summed E-state index contributed by atoms with van der Waals surface area (Å²) < 4.78 is 10.2. The van der Waals surface area contributed by atoms with Gasteiger partial charge in [0.05, 0.1) is 31.4 Å². The van der Waals surface area contributed by atoms with Crippen molar-refractivity contribution in [2.24, 2.45) is 11.8 Å². The quantitative estimate of drug-likeness (QED) is 0.235. The predicted octanol–water partition coefficient (Wildman–Crippen LogP) is 2.15. The van der Waals surface area contributed by atoms with Crippen LogP contribution in [0.5, 0.6) is 0 Å². The molecule has 1 fully saturated rings. The van der Waals surface area contributed by atoms with Crippen molar-refractivity contribution in [3.63, 3.8) is 0 Å². The molecule has 146 valence electrons. The van der Waals surface area contributed by atoms with Gasteiger partial charge in [-0.15, -0.1) is 25.0 Å². The Hall–Kier alpha value is -1.67. The minimum atomic E-state index is -0.441. The van der Waals surface area contributed by atoms with Crippen LogP contribution in [-0.2, 0) is 19.1 Å². The first-order valence-corrected chi connectivity index (χ1v) is 8.83. The first kappa shape index (κ1) is 22.4. The zero-order valence-electron chi connectivity index (χ0n) is 15.2. The van der Waals surface area contributed by atoms with E-state index in [1.165, 1.54) is 7.11 Å². The summed E-state index contributed by atoms with van der Waals surface area (Å²) in [6.45, 7) is 4.02. The van der Waals surface area contributed by atoms with Crippen molar-refractivity contribution in [3.8, 4) is 0 Å². The van der Waals surface area contributed by atoms with E-state index in [2.05, 4.69) is 23.3 Å². The molecule has 9 heteroatoms. The van der Waals surface area contributed by atoms with Crippen molar-refractivity contribution in [1.82, 2.24) is 10.6 Å². The zero-order valence-corrected chi connectivity index (χ0v) is 16.9. The minimum absolute atomic E-state index is 0. The van der Waals surface area contributed by atoms with Crippen LogP contribution in [0.4, 0.5) is 0 Å². The summed E-state index contributed by atoms with van der Waals surface area (Å²) in [6.07, 6.45) is 2.97. The molecule has 0 aromatic carbocycles. The molecule has 0 radical (unpaired) electrons.